The monoisotopic (exact) mass is 281 g/mol. The maximum Gasteiger partial charge on any atom is 0.231 e. The second-order valence-electron chi connectivity index (χ2n) is 5.32. The van der Waals surface area contributed by atoms with Gasteiger partial charge in [-0.2, -0.15) is 0 Å². The maximum absolute atomic E-state index is 12.7. The Balaban J connectivity index is 2.25. The van der Waals surface area contributed by atoms with Crippen LogP contribution < -0.4 is 5.32 Å². The Hall–Kier alpha value is -2.09. The van der Waals surface area contributed by atoms with Crippen molar-refractivity contribution >= 4 is 11.6 Å². The first kappa shape index (κ1) is 15.3. The molecule has 110 valence electrons. The largest absolute Gasteiger partial charge is 0.325 e. The van der Waals surface area contributed by atoms with E-state index in [2.05, 4.69) is 25.2 Å². The van der Waals surface area contributed by atoms with Crippen LogP contribution in [0.4, 0.5) is 5.69 Å². The third-order valence-electron chi connectivity index (χ3n) is 3.91. The summed E-state index contributed by atoms with van der Waals surface area (Å²) < 4.78 is 0. The summed E-state index contributed by atoms with van der Waals surface area (Å²) in [5.74, 6) is -0.0248. The number of nitrogens with one attached hydrogen (secondary N) is 1. The van der Waals surface area contributed by atoms with Crippen LogP contribution in [0.15, 0.2) is 48.5 Å². The van der Waals surface area contributed by atoms with Gasteiger partial charge in [-0.1, -0.05) is 62.4 Å². The molecule has 0 spiro atoms. The first-order valence-electron chi connectivity index (χ1n) is 7.61. The highest BCUT2D eigenvalue weighted by molar-refractivity contribution is 5.97. The Bertz CT molecular complexity index is 604. The molecule has 0 aliphatic carbocycles. The Labute approximate surface area is 127 Å². The van der Waals surface area contributed by atoms with Crippen LogP contribution in [0, 0.1) is 6.92 Å². The minimum absolute atomic E-state index is 0.0766. The molecule has 0 heterocycles. The van der Waals surface area contributed by atoms with Gasteiger partial charge in [-0.3, -0.25) is 4.79 Å². The van der Waals surface area contributed by atoms with Gasteiger partial charge in [0.1, 0.15) is 0 Å². The predicted octanol–water partition coefficient (Wildman–Crippen LogP) is 4.69. The number of hydrogen-bond donors (Lipinski definition) is 1. The lowest BCUT2D eigenvalue weighted by atomic mass is 9.95. The fourth-order valence-corrected chi connectivity index (χ4v) is 2.67. The zero-order valence-electron chi connectivity index (χ0n) is 13.0. The normalized spacial score (nSPS) is 12.0. The molecule has 1 amide bonds. The van der Waals surface area contributed by atoms with Crippen LogP contribution in [0.1, 0.15) is 42.9 Å². The molecule has 0 aliphatic rings. The number of carbonyl (C=O) groups is 1. The van der Waals surface area contributed by atoms with Gasteiger partial charge in [-0.15, -0.1) is 0 Å². The molecular formula is C19H23NO. The van der Waals surface area contributed by atoms with E-state index in [1.165, 1.54) is 5.56 Å². The van der Waals surface area contributed by atoms with E-state index in [1.54, 1.807) is 0 Å². The summed E-state index contributed by atoms with van der Waals surface area (Å²) in [6.45, 7) is 6.20. The maximum atomic E-state index is 12.7. The summed E-state index contributed by atoms with van der Waals surface area (Å²) in [5, 5.41) is 3.14. The Morgan fingerprint density at radius 2 is 1.76 bits per heavy atom. The minimum Gasteiger partial charge on any atom is -0.325 e. The molecule has 0 saturated carbocycles. The molecule has 0 bridgehead atoms. The van der Waals surface area contributed by atoms with Crippen molar-refractivity contribution in [1.29, 1.82) is 0 Å². The van der Waals surface area contributed by atoms with Gasteiger partial charge < -0.3 is 5.32 Å². The SMILES string of the molecule is CCc1cccc(C)c1NC(=O)C(CC)c1ccccc1. The molecule has 2 heteroatoms. The lowest BCUT2D eigenvalue weighted by molar-refractivity contribution is -0.117. The van der Waals surface area contributed by atoms with Crippen molar-refractivity contribution < 1.29 is 4.79 Å². The van der Waals surface area contributed by atoms with Crippen LogP contribution >= 0.6 is 0 Å². The number of hydrogen-bond acceptors (Lipinski definition) is 1. The highest BCUT2D eigenvalue weighted by Crippen LogP contribution is 2.25. The highest BCUT2D eigenvalue weighted by Gasteiger charge is 2.19. The second-order valence-corrected chi connectivity index (χ2v) is 5.32. The highest BCUT2D eigenvalue weighted by atomic mass is 16.1. The molecule has 0 radical (unpaired) electrons. The van der Waals surface area contributed by atoms with Crippen molar-refractivity contribution in [2.75, 3.05) is 5.32 Å². The number of aryl methyl sites for hydroxylation is 2. The van der Waals surface area contributed by atoms with E-state index in [1.807, 2.05) is 49.4 Å². The fraction of sp³-hybridized carbons (Fsp3) is 0.316. The van der Waals surface area contributed by atoms with Crippen LogP contribution in [0.25, 0.3) is 0 Å². The van der Waals surface area contributed by atoms with E-state index in [0.717, 1.165) is 29.7 Å². The molecule has 2 aromatic rings. The average Bonchev–Trinajstić information content (AvgIpc) is 2.51. The number of carbonyl (C=O) groups excluding carboxylic acids is 1. The van der Waals surface area contributed by atoms with Gasteiger partial charge in [0, 0.05) is 5.69 Å². The molecule has 0 fully saturated rings. The van der Waals surface area contributed by atoms with Gasteiger partial charge in [0.05, 0.1) is 5.92 Å². The van der Waals surface area contributed by atoms with Gasteiger partial charge in [-0.25, -0.2) is 0 Å². The van der Waals surface area contributed by atoms with Crippen molar-refractivity contribution in [1.82, 2.24) is 0 Å². The third kappa shape index (κ3) is 3.52. The second kappa shape index (κ2) is 7.07. The van der Waals surface area contributed by atoms with Crippen molar-refractivity contribution in [2.45, 2.75) is 39.5 Å². The Morgan fingerprint density at radius 3 is 2.38 bits per heavy atom. The molecule has 0 saturated heterocycles. The summed E-state index contributed by atoms with van der Waals surface area (Å²) in [6, 6.07) is 16.1. The molecule has 2 aromatic carbocycles. The van der Waals surface area contributed by atoms with Crippen LogP contribution in [0.3, 0.4) is 0 Å². The Kier molecular flexibility index (Phi) is 5.15. The zero-order chi connectivity index (χ0) is 15.2. The van der Waals surface area contributed by atoms with Crippen LogP contribution in [-0.2, 0) is 11.2 Å². The van der Waals surface area contributed by atoms with Gasteiger partial charge in [0.25, 0.3) is 0 Å². The molecule has 1 unspecified atom stereocenters. The molecule has 1 atom stereocenters. The van der Waals surface area contributed by atoms with Crippen molar-refractivity contribution in [3.63, 3.8) is 0 Å². The first-order chi connectivity index (χ1) is 10.2. The van der Waals surface area contributed by atoms with Gasteiger partial charge >= 0.3 is 0 Å². The molecule has 2 nitrogen and oxygen atoms in total. The zero-order valence-corrected chi connectivity index (χ0v) is 13.0. The predicted molar refractivity (Wildman–Crippen MR) is 88.7 cm³/mol. The summed E-state index contributed by atoms with van der Waals surface area (Å²) in [7, 11) is 0. The van der Waals surface area contributed by atoms with Gasteiger partial charge in [0.2, 0.25) is 5.91 Å². The van der Waals surface area contributed by atoms with Crippen LogP contribution in [0.2, 0.25) is 0 Å². The molecule has 21 heavy (non-hydrogen) atoms. The number of amides is 1. The summed E-state index contributed by atoms with van der Waals surface area (Å²) in [4.78, 5) is 12.7. The smallest absolute Gasteiger partial charge is 0.231 e. The molecule has 1 N–H and O–H groups in total. The first-order valence-corrected chi connectivity index (χ1v) is 7.61. The van der Waals surface area contributed by atoms with E-state index < -0.39 is 0 Å². The van der Waals surface area contributed by atoms with Crippen molar-refractivity contribution in [3.8, 4) is 0 Å². The van der Waals surface area contributed by atoms with Crippen molar-refractivity contribution in [2.24, 2.45) is 0 Å². The van der Waals surface area contributed by atoms with Crippen LogP contribution in [0.5, 0.6) is 0 Å². The van der Waals surface area contributed by atoms with E-state index in [9.17, 15) is 4.79 Å². The van der Waals surface area contributed by atoms with Crippen LogP contribution in [-0.4, -0.2) is 5.91 Å². The minimum atomic E-state index is -0.101. The lowest BCUT2D eigenvalue weighted by Gasteiger charge is -2.18. The average molecular weight is 281 g/mol. The third-order valence-corrected chi connectivity index (χ3v) is 3.91. The molecule has 0 aromatic heterocycles. The molecule has 0 aliphatic heterocycles. The topological polar surface area (TPSA) is 29.1 Å². The van der Waals surface area contributed by atoms with E-state index >= 15 is 0 Å². The van der Waals surface area contributed by atoms with Crippen molar-refractivity contribution in [3.05, 3.63) is 65.2 Å². The lowest BCUT2D eigenvalue weighted by Crippen LogP contribution is -2.22. The van der Waals surface area contributed by atoms with E-state index in [0.29, 0.717) is 0 Å². The summed E-state index contributed by atoms with van der Waals surface area (Å²) >= 11 is 0. The Morgan fingerprint density at radius 1 is 1.05 bits per heavy atom. The van der Waals surface area contributed by atoms with E-state index in [4.69, 9.17) is 0 Å². The summed E-state index contributed by atoms with van der Waals surface area (Å²) in [5.41, 5.74) is 4.35. The number of rotatable bonds is 5. The quantitative estimate of drug-likeness (QED) is 0.846. The summed E-state index contributed by atoms with van der Waals surface area (Å²) in [6.07, 6.45) is 1.71. The fourth-order valence-electron chi connectivity index (χ4n) is 2.67. The van der Waals surface area contributed by atoms with Gasteiger partial charge in [-0.05, 0) is 36.5 Å². The standard InChI is InChI=1S/C19H23NO/c1-4-15-13-9-10-14(3)18(15)20-19(21)17(5-2)16-11-7-6-8-12-16/h6-13,17H,4-5H2,1-3H3,(H,20,21). The van der Waals surface area contributed by atoms with Gasteiger partial charge in [0.15, 0.2) is 0 Å². The molecule has 2 rings (SSSR count). The van der Waals surface area contributed by atoms with E-state index in [-0.39, 0.29) is 11.8 Å². The number of benzene rings is 2. The number of anilines is 1. The molecular weight excluding hydrogens is 258 g/mol. The number of para-hydroxylation sites is 1.